The van der Waals surface area contributed by atoms with Gasteiger partial charge in [0.1, 0.15) is 12.4 Å². The smallest absolute Gasteiger partial charge is 0.175 e. The lowest BCUT2D eigenvalue weighted by Gasteiger charge is -2.23. The Morgan fingerprint density at radius 1 is 1.12 bits per heavy atom. The fourth-order valence-electron chi connectivity index (χ4n) is 2.73. The van der Waals surface area contributed by atoms with E-state index in [-0.39, 0.29) is 5.41 Å². The molecule has 0 aliphatic carbocycles. The Bertz CT molecular complexity index is 1010. The highest BCUT2D eigenvalue weighted by atomic mass is 32.2. The molecule has 0 bridgehead atoms. The number of benzene rings is 2. The van der Waals surface area contributed by atoms with Gasteiger partial charge in [-0.1, -0.05) is 39.0 Å². The van der Waals surface area contributed by atoms with Crippen molar-refractivity contribution in [3.63, 3.8) is 0 Å². The van der Waals surface area contributed by atoms with Gasteiger partial charge in [-0.2, -0.15) is 5.10 Å². The van der Waals surface area contributed by atoms with Crippen LogP contribution in [-0.4, -0.2) is 24.9 Å². The Morgan fingerprint density at radius 3 is 2.52 bits per heavy atom. The fourth-order valence-corrected chi connectivity index (χ4v) is 3.37. The number of fused-ring (bicyclic) bond motifs is 1. The highest BCUT2D eigenvalue weighted by molar-refractivity contribution is 7.90. The number of ether oxygens (including phenoxy) is 1. The van der Waals surface area contributed by atoms with Gasteiger partial charge in [0.2, 0.25) is 0 Å². The van der Waals surface area contributed by atoms with Crippen molar-refractivity contribution in [1.82, 2.24) is 10.2 Å². The average molecular weight is 358 g/mol. The van der Waals surface area contributed by atoms with Crippen LogP contribution in [0.25, 0.3) is 10.9 Å². The molecule has 0 spiro atoms. The van der Waals surface area contributed by atoms with Crippen LogP contribution in [0, 0.1) is 0 Å². The van der Waals surface area contributed by atoms with Crippen LogP contribution < -0.4 is 4.74 Å². The van der Waals surface area contributed by atoms with Gasteiger partial charge in [-0.15, -0.1) is 0 Å². The van der Waals surface area contributed by atoms with E-state index in [4.69, 9.17) is 4.74 Å². The largest absolute Gasteiger partial charge is 0.487 e. The average Bonchev–Trinajstić information content (AvgIpc) is 2.94. The van der Waals surface area contributed by atoms with Crippen LogP contribution in [0.15, 0.2) is 47.4 Å². The van der Waals surface area contributed by atoms with Crippen LogP contribution in [0.2, 0.25) is 0 Å². The molecule has 3 rings (SSSR count). The summed E-state index contributed by atoms with van der Waals surface area (Å²) in [5.41, 5.74) is 2.40. The number of rotatable bonds is 4. The molecule has 0 fully saturated rings. The quantitative estimate of drug-likeness (QED) is 0.769. The van der Waals surface area contributed by atoms with Crippen molar-refractivity contribution < 1.29 is 13.2 Å². The predicted octanol–water partition coefficient (Wildman–Crippen LogP) is 3.84. The van der Waals surface area contributed by atoms with Crippen LogP contribution >= 0.6 is 0 Å². The lowest BCUT2D eigenvalue weighted by atomic mass is 9.86. The summed E-state index contributed by atoms with van der Waals surface area (Å²) in [6.45, 7) is 6.44. The minimum absolute atomic E-state index is 0.244. The molecule has 132 valence electrons. The van der Waals surface area contributed by atoms with Gasteiger partial charge >= 0.3 is 0 Å². The molecule has 5 nitrogen and oxygen atoms in total. The molecule has 0 aliphatic heterocycles. The number of para-hydroxylation sites is 1. The normalized spacial score (nSPS) is 12.5. The maximum atomic E-state index is 11.9. The molecule has 3 aromatic rings. The summed E-state index contributed by atoms with van der Waals surface area (Å²) in [5.74, 6) is 0.679. The van der Waals surface area contributed by atoms with E-state index < -0.39 is 9.84 Å². The van der Waals surface area contributed by atoms with E-state index in [1.165, 1.54) is 6.26 Å². The minimum atomic E-state index is -3.26. The molecule has 1 heterocycles. The number of nitrogens with one attached hydrogen (secondary N) is 1. The number of aromatic nitrogens is 2. The SMILES string of the molecule is CC(C)(C)c1cc(S(C)(=O)=O)ccc1OCc1[nH]nc2ccccc12. The van der Waals surface area contributed by atoms with Crippen molar-refractivity contribution >= 4 is 20.7 Å². The van der Waals surface area contributed by atoms with Crippen molar-refractivity contribution in [3.8, 4) is 5.75 Å². The van der Waals surface area contributed by atoms with Crippen LogP contribution in [0.4, 0.5) is 0 Å². The summed E-state index contributed by atoms with van der Waals surface area (Å²) >= 11 is 0. The molecule has 1 aromatic heterocycles. The zero-order chi connectivity index (χ0) is 18.2. The number of sulfone groups is 1. The third-order valence-electron chi connectivity index (χ3n) is 4.10. The first-order valence-electron chi connectivity index (χ1n) is 8.05. The summed E-state index contributed by atoms with van der Waals surface area (Å²) in [6, 6.07) is 12.9. The molecule has 2 aromatic carbocycles. The number of hydrogen-bond acceptors (Lipinski definition) is 4. The first-order chi connectivity index (χ1) is 11.7. The topological polar surface area (TPSA) is 72.1 Å². The summed E-state index contributed by atoms with van der Waals surface area (Å²) < 4.78 is 29.7. The zero-order valence-electron chi connectivity index (χ0n) is 14.8. The van der Waals surface area contributed by atoms with E-state index >= 15 is 0 Å². The van der Waals surface area contributed by atoms with Crippen LogP contribution in [0.5, 0.6) is 5.75 Å². The van der Waals surface area contributed by atoms with Gasteiger partial charge in [0.25, 0.3) is 0 Å². The second kappa shape index (κ2) is 6.19. The molecule has 0 amide bonds. The highest BCUT2D eigenvalue weighted by Crippen LogP contribution is 2.34. The van der Waals surface area contributed by atoms with Crippen molar-refractivity contribution in [3.05, 3.63) is 53.7 Å². The van der Waals surface area contributed by atoms with Gasteiger partial charge in [0.15, 0.2) is 9.84 Å². The molecule has 0 unspecified atom stereocenters. The summed E-state index contributed by atoms with van der Waals surface area (Å²) in [5, 5.41) is 8.29. The maximum Gasteiger partial charge on any atom is 0.175 e. The third kappa shape index (κ3) is 3.69. The molecule has 25 heavy (non-hydrogen) atoms. The van der Waals surface area contributed by atoms with Crippen molar-refractivity contribution in [2.24, 2.45) is 0 Å². The summed E-state index contributed by atoms with van der Waals surface area (Å²) in [6.07, 6.45) is 1.21. The molecule has 0 saturated heterocycles. The molecule has 0 aliphatic rings. The standard InChI is InChI=1S/C19H22N2O3S/c1-19(2,3)15-11-13(25(4,22)23)9-10-18(15)24-12-17-14-7-5-6-8-16(14)20-21-17/h5-11H,12H2,1-4H3,(H,20,21). The van der Waals surface area contributed by atoms with Gasteiger partial charge in [-0.3, -0.25) is 5.10 Å². The van der Waals surface area contributed by atoms with E-state index in [9.17, 15) is 8.42 Å². The van der Waals surface area contributed by atoms with Gasteiger partial charge in [0, 0.05) is 17.2 Å². The van der Waals surface area contributed by atoms with Crippen LogP contribution in [0.3, 0.4) is 0 Å². The van der Waals surface area contributed by atoms with E-state index in [1.54, 1.807) is 18.2 Å². The Balaban J connectivity index is 1.94. The number of H-pyrrole nitrogens is 1. The molecule has 0 saturated carbocycles. The lowest BCUT2D eigenvalue weighted by Crippen LogP contribution is -2.15. The van der Waals surface area contributed by atoms with Crippen LogP contribution in [0.1, 0.15) is 32.0 Å². The van der Waals surface area contributed by atoms with E-state index in [0.29, 0.717) is 17.3 Å². The van der Waals surface area contributed by atoms with Crippen LogP contribution in [-0.2, 0) is 21.9 Å². The molecule has 0 radical (unpaired) electrons. The molecule has 6 heteroatoms. The third-order valence-corrected chi connectivity index (χ3v) is 5.21. The second-order valence-electron chi connectivity index (χ2n) is 7.19. The fraction of sp³-hybridized carbons (Fsp3) is 0.316. The lowest BCUT2D eigenvalue weighted by molar-refractivity contribution is 0.294. The Morgan fingerprint density at radius 2 is 1.84 bits per heavy atom. The second-order valence-corrected chi connectivity index (χ2v) is 9.20. The number of nitrogens with zero attached hydrogens (tertiary/aromatic N) is 1. The highest BCUT2D eigenvalue weighted by Gasteiger charge is 2.22. The maximum absolute atomic E-state index is 11.9. The number of aromatic amines is 1. The first kappa shape index (κ1) is 17.5. The predicted molar refractivity (Wildman–Crippen MR) is 98.7 cm³/mol. The van der Waals surface area contributed by atoms with E-state index in [2.05, 4.69) is 10.2 Å². The minimum Gasteiger partial charge on any atom is -0.487 e. The molecule has 1 N–H and O–H groups in total. The van der Waals surface area contributed by atoms with E-state index in [1.807, 2.05) is 45.0 Å². The molecule has 0 atom stereocenters. The Hall–Kier alpha value is -2.34. The Labute approximate surface area is 147 Å². The summed E-state index contributed by atoms with van der Waals surface area (Å²) in [7, 11) is -3.26. The number of hydrogen-bond donors (Lipinski definition) is 1. The van der Waals surface area contributed by atoms with Gasteiger partial charge in [0.05, 0.1) is 16.1 Å². The van der Waals surface area contributed by atoms with Crippen molar-refractivity contribution in [2.75, 3.05) is 6.26 Å². The van der Waals surface area contributed by atoms with E-state index in [0.717, 1.165) is 22.2 Å². The monoisotopic (exact) mass is 358 g/mol. The van der Waals surface area contributed by atoms with Crippen molar-refractivity contribution in [2.45, 2.75) is 37.7 Å². The molecular formula is C19H22N2O3S. The Kier molecular flexibility index (Phi) is 4.33. The molecular weight excluding hydrogens is 336 g/mol. The first-order valence-corrected chi connectivity index (χ1v) is 9.95. The van der Waals surface area contributed by atoms with Gasteiger partial charge < -0.3 is 4.74 Å². The summed E-state index contributed by atoms with van der Waals surface area (Å²) in [4.78, 5) is 0.303. The van der Waals surface area contributed by atoms with Gasteiger partial charge in [-0.25, -0.2) is 8.42 Å². The van der Waals surface area contributed by atoms with Crippen molar-refractivity contribution in [1.29, 1.82) is 0 Å². The zero-order valence-corrected chi connectivity index (χ0v) is 15.6. The van der Waals surface area contributed by atoms with Gasteiger partial charge in [-0.05, 0) is 29.7 Å².